The van der Waals surface area contributed by atoms with Crippen LogP contribution in [0.4, 0.5) is 0 Å². The number of hydrogen-bond acceptors (Lipinski definition) is 3. The molecule has 0 bridgehead atoms. The average Bonchev–Trinajstić information content (AvgIpc) is 2.42. The summed E-state index contributed by atoms with van der Waals surface area (Å²) in [5.41, 5.74) is 5.54. The maximum atomic E-state index is 12.5. The van der Waals surface area contributed by atoms with Crippen LogP contribution in [0.3, 0.4) is 0 Å². The summed E-state index contributed by atoms with van der Waals surface area (Å²) >= 11 is 4.91. The Balaban J connectivity index is 2.48. The molecule has 1 rings (SSSR count). The van der Waals surface area contributed by atoms with Gasteiger partial charge in [-0.2, -0.15) is 0 Å². The van der Waals surface area contributed by atoms with Crippen molar-refractivity contribution in [2.75, 3.05) is 26.8 Å². The summed E-state index contributed by atoms with van der Waals surface area (Å²) in [5, 5.41) is 0. The Morgan fingerprint density at radius 3 is 2.58 bits per heavy atom. The molecular weight excluding hydrogens is 260 g/mol. The fraction of sp³-hybridized carbons (Fsp3) is 0.857. The fourth-order valence-electron chi connectivity index (χ4n) is 2.58. The van der Waals surface area contributed by atoms with Gasteiger partial charge in [-0.1, -0.05) is 31.5 Å². The van der Waals surface area contributed by atoms with E-state index >= 15 is 0 Å². The number of rotatable bonds is 8. The SMILES string of the molecule is COCCCN(CCC(N)=S)C(=O)C1CCCCC1. The summed E-state index contributed by atoms with van der Waals surface area (Å²) in [5.74, 6) is 0.495. The van der Waals surface area contributed by atoms with Crippen LogP contribution in [0.25, 0.3) is 0 Å². The van der Waals surface area contributed by atoms with Crippen LogP contribution >= 0.6 is 12.2 Å². The minimum atomic E-state index is 0.211. The summed E-state index contributed by atoms with van der Waals surface area (Å²) in [6, 6.07) is 0. The second kappa shape index (κ2) is 9.26. The number of carbonyl (C=O) groups is 1. The van der Waals surface area contributed by atoms with Crippen LogP contribution in [-0.4, -0.2) is 42.6 Å². The van der Waals surface area contributed by atoms with Gasteiger partial charge < -0.3 is 15.4 Å². The molecule has 0 aromatic rings. The van der Waals surface area contributed by atoms with Crippen LogP contribution in [0.1, 0.15) is 44.9 Å². The van der Waals surface area contributed by atoms with Crippen molar-refractivity contribution in [1.82, 2.24) is 4.90 Å². The topological polar surface area (TPSA) is 55.6 Å². The lowest BCUT2D eigenvalue weighted by Crippen LogP contribution is -2.39. The Labute approximate surface area is 121 Å². The number of amides is 1. The molecule has 0 aromatic heterocycles. The van der Waals surface area contributed by atoms with Crippen molar-refractivity contribution >= 4 is 23.1 Å². The molecule has 4 nitrogen and oxygen atoms in total. The predicted molar refractivity (Wildman–Crippen MR) is 81.1 cm³/mol. The molecule has 1 amide bonds. The van der Waals surface area contributed by atoms with Gasteiger partial charge in [-0.25, -0.2) is 0 Å². The number of carbonyl (C=O) groups excluding carboxylic acids is 1. The molecule has 19 heavy (non-hydrogen) atoms. The third-order valence-electron chi connectivity index (χ3n) is 3.67. The number of hydrogen-bond donors (Lipinski definition) is 1. The molecule has 0 unspecified atom stereocenters. The maximum Gasteiger partial charge on any atom is 0.225 e. The van der Waals surface area contributed by atoms with Crippen LogP contribution in [0.5, 0.6) is 0 Å². The van der Waals surface area contributed by atoms with Gasteiger partial charge in [0.1, 0.15) is 0 Å². The van der Waals surface area contributed by atoms with E-state index in [1.807, 2.05) is 4.90 Å². The first-order chi connectivity index (χ1) is 9.15. The van der Waals surface area contributed by atoms with E-state index in [9.17, 15) is 4.79 Å². The van der Waals surface area contributed by atoms with E-state index in [0.29, 0.717) is 24.6 Å². The number of methoxy groups -OCH3 is 1. The van der Waals surface area contributed by atoms with Gasteiger partial charge in [-0.15, -0.1) is 0 Å². The van der Waals surface area contributed by atoms with Crippen molar-refractivity contribution in [1.29, 1.82) is 0 Å². The number of thiocarbonyl (C=S) groups is 1. The quantitative estimate of drug-likeness (QED) is 0.548. The van der Waals surface area contributed by atoms with E-state index in [-0.39, 0.29) is 11.8 Å². The zero-order chi connectivity index (χ0) is 14.1. The second-order valence-electron chi connectivity index (χ2n) is 5.22. The Morgan fingerprint density at radius 2 is 2.00 bits per heavy atom. The molecule has 110 valence electrons. The second-order valence-corrected chi connectivity index (χ2v) is 5.75. The molecule has 1 fully saturated rings. The number of nitrogens with two attached hydrogens (primary N) is 1. The molecule has 0 heterocycles. The Kier molecular flexibility index (Phi) is 7.98. The molecule has 1 saturated carbocycles. The summed E-state index contributed by atoms with van der Waals surface area (Å²) in [6.07, 6.45) is 7.17. The van der Waals surface area contributed by atoms with Gasteiger partial charge in [0.2, 0.25) is 5.91 Å². The summed E-state index contributed by atoms with van der Waals surface area (Å²) < 4.78 is 5.05. The van der Waals surface area contributed by atoms with Crippen molar-refractivity contribution in [2.45, 2.75) is 44.9 Å². The minimum Gasteiger partial charge on any atom is -0.393 e. The Hall–Kier alpha value is -0.680. The first kappa shape index (κ1) is 16.4. The third kappa shape index (κ3) is 6.34. The van der Waals surface area contributed by atoms with Crippen molar-refractivity contribution in [3.8, 4) is 0 Å². The molecule has 0 radical (unpaired) electrons. The van der Waals surface area contributed by atoms with Crippen molar-refractivity contribution in [2.24, 2.45) is 11.7 Å². The lowest BCUT2D eigenvalue weighted by atomic mass is 9.88. The predicted octanol–water partition coefficient (Wildman–Crippen LogP) is 2.11. The zero-order valence-electron chi connectivity index (χ0n) is 11.9. The van der Waals surface area contributed by atoms with E-state index in [1.165, 1.54) is 19.3 Å². The van der Waals surface area contributed by atoms with Crippen LogP contribution in [0.15, 0.2) is 0 Å². The van der Waals surface area contributed by atoms with Gasteiger partial charge in [0.25, 0.3) is 0 Å². The first-order valence-corrected chi connectivity index (χ1v) is 7.62. The van der Waals surface area contributed by atoms with Crippen LogP contribution in [0, 0.1) is 5.92 Å². The average molecular weight is 286 g/mol. The highest BCUT2D eigenvalue weighted by atomic mass is 32.1. The minimum absolute atomic E-state index is 0.211. The Morgan fingerprint density at radius 1 is 1.32 bits per heavy atom. The van der Waals surface area contributed by atoms with Gasteiger partial charge >= 0.3 is 0 Å². The van der Waals surface area contributed by atoms with Crippen molar-refractivity contribution < 1.29 is 9.53 Å². The van der Waals surface area contributed by atoms with Crippen LogP contribution < -0.4 is 5.73 Å². The Bertz CT molecular complexity index is 291. The van der Waals surface area contributed by atoms with Crippen LogP contribution in [0.2, 0.25) is 0 Å². The molecular formula is C14H26N2O2S. The van der Waals surface area contributed by atoms with Gasteiger partial charge in [0, 0.05) is 39.1 Å². The van der Waals surface area contributed by atoms with E-state index < -0.39 is 0 Å². The molecule has 0 aromatic carbocycles. The standard InChI is InChI=1S/C14H26N2O2S/c1-18-11-5-9-16(10-8-13(15)19)14(17)12-6-3-2-4-7-12/h12H,2-11H2,1H3,(H2,15,19). The highest BCUT2D eigenvalue weighted by Crippen LogP contribution is 2.25. The molecule has 1 aliphatic carbocycles. The van der Waals surface area contributed by atoms with Gasteiger partial charge in [-0.3, -0.25) is 4.79 Å². The van der Waals surface area contributed by atoms with E-state index in [0.717, 1.165) is 25.8 Å². The fourth-order valence-corrected chi connectivity index (χ4v) is 2.68. The van der Waals surface area contributed by atoms with E-state index in [2.05, 4.69) is 0 Å². The normalized spacial score (nSPS) is 16.3. The molecule has 1 aliphatic rings. The van der Waals surface area contributed by atoms with Crippen molar-refractivity contribution in [3.63, 3.8) is 0 Å². The lowest BCUT2D eigenvalue weighted by Gasteiger charge is -2.29. The first-order valence-electron chi connectivity index (χ1n) is 7.21. The molecule has 0 atom stereocenters. The molecule has 2 N–H and O–H groups in total. The third-order valence-corrected chi connectivity index (χ3v) is 3.87. The monoisotopic (exact) mass is 286 g/mol. The maximum absolute atomic E-state index is 12.5. The summed E-state index contributed by atoms with van der Waals surface area (Å²) in [6.45, 7) is 2.07. The van der Waals surface area contributed by atoms with Gasteiger partial charge in [-0.05, 0) is 19.3 Å². The largest absolute Gasteiger partial charge is 0.393 e. The van der Waals surface area contributed by atoms with E-state index in [1.54, 1.807) is 7.11 Å². The van der Waals surface area contributed by atoms with Gasteiger partial charge in [0.05, 0.1) is 4.99 Å². The number of ether oxygens (including phenoxy) is 1. The molecule has 0 aliphatic heterocycles. The van der Waals surface area contributed by atoms with Crippen LogP contribution in [-0.2, 0) is 9.53 Å². The smallest absolute Gasteiger partial charge is 0.225 e. The summed E-state index contributed by atoms with van der Waals surface area (Å²) in [4.78, 5) is 14.9. The number of nitrogens with zero attached hydrogens (tertiary/aromatic N) is 1. The van der Waals surface area contributed by atoms with E-state index in [4.69, 9.17) is 22.7 Å². The lowest BCUT2D eigenvalue weighted by molar-refractivity contribution is -0.136. The molecule has 5 heteroatoms. The highest BCUT2D eigenvalue weighted by molar-refractivity contribution is 7.80. The zero-order valence-corrected chi connectivity index (χ0v) is 12.7. The molecule has 0 saturated heterocycles. The van der Waals surface area contributed by atoms with Crippen molar-refractivity contribution in [3.05, 3.63) is 0 Å². The summed E-state index contributed by atoms with van der Waals surface area (Å²) in [7, 11) is 1.68. The molecule has 0 spiro atoms. The highest BCUT2D eigenvalue weighted by Gasteiger charge is 2.25. The van der Waals surface area contributed by atoms with Gasteiger partial charge in [0.15, 0.2) is 0 Å².